The Morgan fingerprint density at radius 1 is 1.03 bits per heavy atom. The van der Waals surface area contributed by atoms with Gasteiger partial charge in [-0.15, -0.1) is 0 Å². The van der Waals surface area contributed by atoms with Crippen LogP contribution in [0.3, 0.4) is 0 Å². The average Bonchev–Trinajstić information content (AvgIpc) is 3.62. The Kier molecular flexibility index (Phi) is 5.49. The molecule has 4 aromatic heterocycles. The zero-order valence-corrected chi connectivity index (χ0v) is 20.3. The summed E-state index contributed by atoms with van der Waals surface area (Å²) in [5.74, 6) is 6.29. The molecule has 0 aliphatic rings. The molecule has 0 saturated carbocycles. The summed E-state index contributed by atoms with van der Waals surface area (Å²) in [6.45, 7) is 3.69. The molecule has 38 heavy (non-hydrogen) atoms. The second-order valence-corrected chi connectivity index (χ2v) is 8.95. The number of imidazole rings is 2. The van der Waals surface area contributed by atoms with Crippen molar-refractivity contribution in [2.24, 2.45) is 0 Å². The van der Waals surface area contributed by atoms with E-state index in [0.717, 1.165) is 17.7 Å². The van der Waals surface area contributed by atoms with Crippen molar-refractivity contribution in [1.82, 2.24) is 29.1 Å². The number of nitrogens with zero attached hydrogens (tertiary/aromatic N) is 6. The monoisotopic (exact) mass is 512 g/mol. The molecule has 0 radical (unpaired) electrons. The van der Waals surface area contributed by atoms with Gasteiger partial charge in [-0.3, -0.25) is 9.38 Å². The molecule has 0 N–H and O–H groups in total. The summed E-state index contributed by atoms with van der Waals surface area (Å²) in [4.78, 5) is 12.5. The summed E-state index contributed by atoms with van der Waals surface area (Å²) in [6, 6.07) is 7.71. The first-order chi connectivity index (χ1) is 18.3. The first kappa shape index (κ1) is 23.5. The van der Waals surface area contributed by atoms with Crippen LogP contribution in [-0.4, -0.2) is 29.1 Å². The van der Waals surface area contributed by atoms with Gasteiger partial charge in [-0.25, -0.2) is 9.97 Å². The third-order valence-electron chi connectivity index (χ3n) is 6.24. The summed E-state index contributed by atoms with van der Waals surface area (Å²) in [6.07, 6.45) is 5.56. The lowest BCUT2D eigenvalue weighted by atomic mass is 10.0. The van der Waals surface area contributed by atoms with Crippen LogP contribution in [-0.2, 0) is 12.6 Å². The van der Waals surface area contributed by atoms with E-state index in [9.17, 15) is 13.2 Å². The van der Waals surface area contributed by atoms with Crippen LogP contribution in [0.15, 0.2) is 72.2 Å². The van der Waals surface area contributed by atoms with Crippen molar-refractivity contribution in [3.05, 3.63) is 107 Å². The zero-order valence-electron chi connectivity index (χ0n) is 20.3. The lowest BCUT2D eigenvalue weighted by molar-refractivity contribution is -0.137. The normalized spacial score (nSPS) is 11.7. The Labute approximate surface area is 214 Å². The fourth-order valence-corrected chi connectivity index (χ4v) is 4.34. The predicted molar refractivity (Wildman–Crippen MR) is 134 cm³/mol. The van der Waals surface area contributed by atoms with Crippen LogP contribution in [0.5, 0.6) is 0 Å². The fourth-order valence-electron chi connectivity index (χ4n) is 4.34. The smallest absolute Gasteiger partial charge is 0.355 e. The molecule has 0 aliphatic heterocycles. The molecule has 0 spiro atoms. The van der Waals surface area contributed by atoms with Gasteiger partial charge in [-0.05, 0) is 55.2 Å². The number of hydrogen-bond acceptors (Lipinski definition) is 5. The number of aromatic nitrogens is 6. The quantitative estimate of drug-likeness (QED) is 0.285. The van der Waals surface area contributed by atoms with E-state index in [-0.39, 0.29) is 6.42 Å². The van der Waals surface area contributed by atoms with Crippen molar-refractivity contribution in [2.75, 3.05) is 0 Å². The van der Waals surface area contributed by atoms with Crippen LogP contribution in [0.2, 0.25) is 0 Å². The predicted octanol–water partition coefficient (Wildman–Crippen LogP) is 5.68. The third kappa shape index (κ3) is 4.28. The van der Waals surface area contributed by atoms with Crippen molar-refractivity contribution in [1.29, 1.82) is 0 Å². The van der Waals surface area contributed by atoms with Crippen LogP contribution in [0.4, 0.5) is 13.2 Å². The van der Waals surface area contributed by atoms with E-state index >= 15 is 0 Å². The van der Waals surface area contributed by atoms with Crippen molar-refractivity contribution in [3.63, 3.8) is 0 Å². The van der Waals surface area contributed by atoms with Gasteiger partial charge in [-0.1, -0.05) is 17.1 Å². The van der Waals surface area contributed by atoms with Gasteiger partial charge < -0.3 is 9.09 Å². The van der Waals surface area contributed by atoms with E-state index in [0.29, 0.717) is 50.5 Å². The van der Waals surface area contributed by atoms with Crippen molar-refractivity contribution >= 4 is 16.6 Å². The second-order valence-electron chi connectivity index (χ2n) is 8.95. The van der Waals surface area contributed by atoms with Crippen molar-refractivity contribution in [2.45, 2.75) is 26.4 Å². The van der Waals surface area contributed by atoms with Crippen LogP contribution in [0.1, 0.15) is 39.3 Å². The number of rotatable bonds is 3. The van der Waals surface area contributed by atoms with E-state index in [2.05, 4.69) is 31.9 Å². The number of halogens is 3. The van der Waals surface area contributed by atoms with Gasteiger partial charge in [0.1, 0.15) is 5.69 Å². The van der Waals surface area contributed by atoms with Crippen LogP contribution >= 0.6 is 0 Å². The molecule has 188 valence electrons. The highest BCUT2D eigenvalue weighted by atomic mass is 19.4. The molecule has 0 unspecified atom stereocenters. The molecule has 0 amide bonds. The number of aryl methyl sites for hydroxylation is 2. The minimum absolute atomic E-state index is 0.147. The fraction of sp³-hybridized carbons (Fsp3) is 0.143. The highest BCUT2D eigenvalue weighted by molar-refractivity contribution is 5.86. The lowest BCUT2D eigenvalue weighted by Crippen LogP contribution is -2.08. The van der Waals surface area contributed by atoms with Gasteiger partial charge in [0.15, 0.2) is 11.2 Å². The molecule has 0 fully saturated rings. The van der Waals surface area contributed by atoms with Gasteiger partial charge >= 0.3 is 6.18 Å². The van der Waals surface area contributed by atoms with Crippen LogP contribution < -0.4 is 0 Å². The van der Waals surface area contributed by atoms with Gasteiger partial charge in [0.05, 0.1) is 41.2 Å². The summed E-state index contributed by atoms with van der Waals surface area (Å²) in [7, 11) is 0. The Bertz CT molecular complexity index is 1880. The van der Waals surface area contributed by atoms with Gasteiger partial charge in [0.25, 0.3) is 0 Å². The average molecular weight is 512 g/mol. The van der Waals surface area contributed by atoms with Gasteiger partial charge in [0.2, 0.25) is 0 Å². The molecule has 0 bridgehead atoms. The largest absolute Gasteiger partial charge is 0.416 e. The summed E-state index contributed by atoms with van der Waals surface area (Å²) < 4.78 is 50.2. The first-order valence-electron chi connectivity index (χ1n) is 11.7. The van der Waals surface area contributed by atoms with E-state index in [4.69, 9.17) is 4.52 Å². The summed E-state index contributed by atoms with van der Waals surface area (Å²) in [5.41, 5.74) is 4.70. The molecule has 0 atom stereocenters. The number of benzene rings is 2. The molecule has 4 heterocycles. The standard InChI is InChI=1S/C28H19F3N6O/c1-17-3-5-24-25(11-19-9-20(28(29,30)31)12-22(10-19)36-15-18(2)34-16-36)35-38-27(24)23(17)6-4-21-13-33-26-14-32-7-8-37(21)26/h3,5,7-10,12-16H,11H2,1-2H3. The molecule has 7 nitrogen and oxygen atoms in total. The second kappa shape index (κ2) is 8.88. The molecule has 6 aromatic rings. The molecular formula is C28H19F3N6O. The number of fused-ring (bicyclic) bond motifs is 2. The Hall–Kier alpha value is -4.91. The van der Waals surface area contributed by atoms with E-state index in [1.807, 2.05) is 23.5 Å². The highest BCUT2D eigenvalue weighted by Crippen LogP contribution is 2.33. The molecule has 6 rings (SSSR count). The Morgan fingerprint density at radius 3 is 2.68 bits per heavy atom. The lowest BCUT2D eigenvalue weighted by Gasteiger charge is -2.12. The molecule has 0 aliphatic carbocycles. The maximum atomic E-state index is 13.7. The summed E-state index contributed by atoms with van der Waals surface area (Å²) in [5, 5.41) is 4.91. The summed E-state index contributed by atoms with van der Waals surface area (Å²) >= 11 is 0. The first-order valence-corrected chi connectivity index (χ1v) is 11.7. The van der Waals surface area contributed by atoms with Crippen LogP contribution in [0, 0.1) is 25.7 Å². The zero-order chi connectivity index (χ0) is 26.4. The van der Waals surface area contributed by atoms with E-state index in [1.165, 1.54) is 6.33 Å². The van der Waals surface area contributed by atoms with E-state index in [1.54, 1.807) is 48.5 Å². The molecule has 10 heteroatoms. The minimum Gasteiger partial charge on any atom is -0.355 e. The number of hydrogen-bond donors (Lipinski definition) is 0. The maximum Gasteiger partial charge on any atom is 0.416 e. The van der Waals surface area contributed by atoms with E-state index < -0.39 is 11.7 Å². The topological polar surface area (TPSA) is 74.0 Å². The SMILES string of the molecule is Cc1cn(-c2cc(Cc3noc4c(C#Cc5cnc6cnccn56)c(C)ccc34)cc(C(F)(F)F)c2)cn1. The van der Waals surface area contributed by atoms with Gasteiger partial charge in [0, 0.05) is 36.1 Å². The van der Waals surface area contributed by atoms with Gasteiger partial charge in [-0.2, -0.15) is 13.2 Å². The highest BCUT2D eigenvalue weighted by Gasteiger charge is 2.31. The molecule has 0 saturated heterocycles. The molecular weight excluding hydrogens is 493 g/mol. The number of alkyl halides is 3. The van der Waals surface area contributed by atoms with Crippen LogP contribution in [0.25, 0.3) is 22.3 Å². The van der Waals surface area contributed by atoms with Crippen molar-refractivity contribution in [3.8, 4) is 17.5 Å². The Morgan fingerprint density at radius 2 is 1.89 bits per heavy atom. The third-order valence-corrected chi connectivity index (χ3v) is 6.24. The van der Waals surface area contributed by atoms with Crippen molar-refractivity contribution < 1.29 is 17.7 Å². The molecule has 2 aromatic carbocycles. The Balaban J connectivity index is 1.40. The minimum atomic E-state index is -4.50. The maximum absolute atomic E-state index is 13.7.